The molecule has 0 saturated carbocycles. The molecule has 45 heavy (non-hydrogen) atoms. The van der Waals surface area contributed by atoms with E-state index < -0.39 is 6.04 Å². The van der Waals surface area contributed by atoms with Crippen LogP contribution in [0.1, 0.15) is 34.8 Å². The third kappa shape index (κ3) is 6.10. The van der Waals surface area contributed by atoms with Gasteiger partial charge in [0.2, 0.25) is 5.91 Å². The number of carbonyl (C=O) groups excluding carboxylic acids is 2. The number of methoxy groups -OCH3 is 1. The van der Waals surface area contributed by atoms with Crippen molar-refractivity contribution in [1.82, 2.24) is 21.5 Å². The lowest BCUT2D eigenvalue weighted by atomic mass is 9.99. The Hall–Kier alpha value is -4.84. The second-order valence-electron chi connectivity index (χ2n) is 10.9. The van der Waals surface area contributed by atoms with Gasteiger partial charge in [0.25, 0.3) is 5.91 Å². The molecule has 0 aliphatic carbocycles. The molecule has 3 unspecified atom stereocenters. The molecule has 2 aliphatic rings. The van der Waals surface area contributed by atoms with Gasteiger partial charge in [-0.1, -0.05) is 35.9 Å². The lowest BCUT2D eigenvalue weighted by Gasteiger charge is -2.31. The molecule has 2 amide bonds. The number of ether oxygens (including phenoxy) is 1. The van der Waals surface area contributed by atoms with Crippen LogP contribution >= 0.6 is 11.6 Å². The molecule has 0 spiro atoms. The number of halogens is 1. The van der Waals surface area contributed by atoms with Gasteiger partial charge in [-0.3, -0.25) is 14.6 Å². The molecule has 6 N–H and O–H groups in total. The molecule has 1 saturated heterocycles. The number of rotatable bonds is 8. The highest BCUT2D eigenvalue weighted by Gasteiger charge is 2.40. The van der Waals surface area contributed by atoms with E-state index in [4.69, 9.17) is 21.3 Å². The maximum Gasteiger partial charge on any atom is 0.251 e. The van der Waals surface area contributed by atoms with E-state index in [1.54, 1.807) is 25.3 Å². The molecule has 0 radical (unpaired) electrons. The Bertz CT molecular complexity index is 1800. The minimum atomic E-state index is -0.471. The highest BCUT2D eigenvalue weighted by atomic mass is 35.5. The Morgan fingerprint density at radius 1 is 0.978 bits per heavy atom. The molecular formula is C33H33ClN6O5. The van der Waals surface area contributed by atoms with Crippen molar-refractivity contribution in [2.45, 2.75) is 31.7 Å². The molecule has 12 heteroatoms. The van der Waals surface area contributed by atoms with E-state index in [2.05, 4.69) is 26.4 Å². The molecule has 2 aliphatic heterocycles. The van der Waals surface area contributed by atoms with E-state index in [0.29, 0.717) is 27.1 Å². The number of aliphatic imine (C=N–C) groups is 1. The summed E-state index contributed by atoms with van der Waals surface area (Å²) in [4.78, 5) is 33.5. The van der Waals surface area contributed by atoms with Crippen LogP contribution in [0.25, 0.3) is 10.8 Å². The molecular weight excluding hydrogens is 596 g/mol. The number of phenols is 2. The van der Waals surface area contributed by atoms with Gasteiger partial charge in [-0.15, -0.1) is 0 Å². The van der Waals surface area contributed by atoms with Crippen LogP contribution in [0.15, 0.2) is 77.8 Å². The first-order chi connectivity index (χ1) is 21.7. The number of benzene rings is 4. The first kappa shape index (κ1) is 30.2. The first-order valence-electron chi connectivity index (χ1n) is 14.5. The van der Waals surface area contributed by atoms with Crippen LogP contribution in [0.3, 0.4) is 0 Å². The third-order valence-electron chi connectivity index (χ3n) is 8.02. The van der Waals surface area contributed by atoms with Crippen molar-refractivity contribution in [3.8, 4) is 17.2 Å². The van der Waals surface area contributed by atoms with E-state index in [9.17, 15) is 19.8 Å². The Morgan fingerprint density at radius 2 is 1.73 bits per heavy atom. The summed E-state index contributed by atoms with van der Waals surface area (Å²) in [6.07, 6.45) is -0.308. The van der Waals surface area contributed by atoms with E-state index in [1.165, 1.54) is 12.1 Å². The van der Waals surface area contributed by atoms with Crippen molar-refractivity contribution >= 4 is 45.6 Å². The molecule has 6 rings (SSSR count). The van der Waals surface area contributed by atoms with E-state index in [0.717, 1.165) is 22.5 Å². The lowest BCUT2D eigenvalue weighted by Crippen LogP contribution is -2.48. The Balaban J connectivity index is 1.18. The number of hydrogen-bond acceptors (Lipinski definition) is 9. The summed E-state index contributed by atoms with van der Waals surface area (Å²) in [6, 6.07) is 20.7. The van der Waals surface area contributed by atoms with Crippen molar-refractivity contribution in [3.63, 3.8) is 0 Å². The van der Waals surface area contributed by atoms with Gasteiger partial charge >= 0.3 is 0 Å². The largest absolute Gasteiger partial charge is 0.504 e. The van der Waals surface area contributed by atoms with Crippen LogP contribution in [-0.4, -0.2) is 66.3 Å². The minimum Gasteiger partial charge on any atom is -0.504 e. The molecule has 11 nitrogen and oxygen atoms in total. The number of hydrazine groups is 1. The minimum absolute atomic E-state index is 0.0809. The number of aromatic hydroxyl groups is 2. The van der Waals surface area contributed by atoms with Crippen molar-refractivity contribution in [2.24, 2.45) is 4.99 Å². The topological polar surface area (TPSA) is 148 Å². The first-order valence-corrected chi connectivity index (χ1v) is 14.9. The summed E-state index contributed by atoms with van der Waals surface area (Å²) >= 11 is 6.19. The molecule has 232 valence electrons. The second kappa shape index (κ2) is 12.6. The molecule has 0 aromatic heterocycles. The monoisotopic (exact) mass is 628 g/mol. The normalized spacial score (nSPS) is 18.9. The molecule has 4 aromatic carbocycles. The fourth-order valence-electron chi connectivity index (χ4n) is 5.82. The van der Waals surface area contributed by atoms with Gasteiger partial charge in [0.05, 0.1) is 31.4 Å². The summed E-state index contributed by atoms with van der Waals surface area (Å²) in [5.41, 5.74) is 10.4. The van der Waals surface area contributed by atoms with Gasteiger partial charge in [-0.05, 0) is 66.2 Å². The van der Waals surface area contributed by atoms with Gasteiger partial charge in [-0.25, -0.2) is 10.9 Å². The molecule has 1 fully saturated rings. The number of nitrogens with one attached hydrogen (secondary N) is 4. The van der Waals surface area contributed by atoms with Crippen molar-refractivity contribution in [2.75, 3.05) is 25.1 Å². The van der Waals surface area contributed by atoms with Crippen LogP contribution < -0.4 is 31.1 Å². The SMILES string of the molecule is COc1ccc2c(c1)C(c1ccc(Cl)cc1)=NC(CC(=O)NCCNC(=O)c1cccc3cc(O)c(O)cc13)C1NNC(C)N21. The van der Waals surface area contributed by atoms with Crippen LogP contribution in [0.5, 0.6) is 17.2 Å². The molecule has 4 aromatic rings. The van der Waals surface area contributed by atoms with E-state index in [1.807, 2.05) is 49.4 Å². The number of anilines is 1. The van der Waals surface area contributed by atoms with Gasteiger partial charge < -0.3 is 30.5 Å². The summed E-state index contributed by atoms with van der Waals surface area (Å²) < 4.78 is 5.54. The third-order valence-corrected chi connectivity index (χ3v) is 8.27. The number of nitrogens with zero attached hydrogens (tertiary/aromatic N) is 2. The Morgan fingerprint density at radius 3 is 2.51 bits per heavy atom. The van der Waals surface area contributed by atoms with Gasteiger partial charge in [-0.2, -0.15) is 0 Å². The number of carbonyl (C=O) groups is 2. The number of phenolic OH excluding ortho intramolecular Hbond substituents is 2. The van der Waals surface area contributed by atoms with Crippen LogP contribution in [-0.2, 0) is 4.79 Å². The Kier molecular flexibility index (Phi) is 8.48. The maximum atomic E-state index is 13.3. The summed E-state index contributed by atoms with van der Waals surface area (Å²) in [5, 5.41) is 27.2. The van der Waals surface area contributed by atoms with Gasteiger partial charge in [0.15, 0.2) is 11.5 Å². The number of amides is 2. The molecule has 3 atom stereocenters. The summed E-state index contributed by atoms with van der Waals surface area (Å²) in [5.74, 6) is -0.455. The summed E-state index contributed by atoms with van der Waals surface area (Å²) in [6.45, 7) is 2.43. The number of hydrogen-bond donors (Lipinski definition) is 6. The van der Waals surface area contributed by atoms with Crippen LogP contribution in [0.2, 0.25) is 5.02 Å². The van der Waals surface area contributed by atoms with Crippen LogP contribution in [0, 0.1) is 0 Å². The fraction of sp³-hybridized carbons (Fsp3) is 0.242. The van der Waals surface area contributed by atoms with Gasteiger partial charge in [0, 0.05) is 40.5 Å². The zero-order chi connectivity index (χ0) is 31.7. The molecule has 0 bridgehead atoms. The van der Waals surface area contributed by atoms with E-state index >= 15 is 0 Å². The average molecular weight is 629 g/mol. The van der Waals surface area contributed by atoms with E-state index in [-0.39, 0.29) is 55.2 Å². The number of fused-ring (bicyclic) bond motifs is 4. The summed E-state index contributed by atoms with van der Waals surface area (Å²) in [7, 11) is 1.62. The average Bonchev–Trinajstić information content (AvgIpc) is 3.36. The molecule has 2 heterocycles. The quantitative estimate of drug-likeness (QED) is 0.128. The highest BCUT2D eigenvalue weighted by Crippen LogP contribution is 2.36. The smallest absolute Gasteiger partial charge is 0.251 e. The fourth-order valence-corrected chi connectivity index (χ4v) is 5.95. The second-order valence-corrected chi connectivity index (χ2v) is 11.4. The predicted octanol–water partition coefficient (Wildman–Crippen LogP) is 3.66. The zero-order valence-corrected chi connectivity index (χ0v) is 25.4. The van der Waals surface area contributed by atoms with Gasteiger partial charge in [0.1, 0.15) is 11.9 Å². The van der Waals surface area contributed by atoms with Crippen molar-refractivity contribution in [1.29, 1.82) is 0 Å². The lowest BCUT2D eigenvalue weighted by molar-refractivity contribution is -0.121. The Labute approximate surface area is 264 Å². The van der Waals surface area contributed by atoms with Crippen LogP contribution in [0.4, 0.5) is 5.69 Å². The van der Waals surface area contributed by atoms with Crippen molar-refractivity contribution < 1.29 is 24.5 Å². The van der Waals surface area contributed by atoms with Crippen molar-refractivity contribution in [3.05, 3.63) is 94.5 Å². The zero-order valence-electron chi connectivity index (χ0n) is 24.7. The standard InChI is InChI=1S/C33H33ClN6O5/c1-18-38-39-32-26(37-31(19-6-8-21(34)9-7-19)25-15-22(45-2)10-11-27(25)40(18)32)17-30(43)35-12-13-36-33(44)23-5-3-4-20-14-28(41)29(42)16-24(20)23/h3-11,14-16,18,26,32,38-39,41-42H,12-13,17H2,1-2H3,(H,35,43)(H,36,44). The highest BCUT2D eigenvalue weighted by molar-refractivity contribution is 6.30. The predicted molar refractivity (Wildman–Crippen MR) is 173 cm³/mol. The maximum absolute atomic E-state index is 13.3.